The van der Waals surface area contributed by atoms with Crippen LogP contribution in [0.4, 0.5) is 5.82 Å². The van der Waals surface area contributed by atoms with E-state index < -0.39 is 6.04 Å². The fraction of sp³-hybridized carbons (Fsp3) is 0.350. The first-order valence-corrected chi connectivity index (χ1v) is 8.89. The number of benzene rings is 1. The first kappa shape index (κ1) is 22.1. The van der Waals surface area contributed by atoms with Crippen molar-refractivity contribution < 1.29 is 9.59 Å². The standard InChI is InChI=1S/C12H19N5O2.C8H10/c1-7-3-9(5-15-11(7)14)6-16-12(19)8(2)17-10(18)4-13;1-2-8-6-4-3-5-7-8/h3,5,8H,4,6,13H2,1-2H3,(H2,14,15)(H,16,19)(H,17,18);3-7H,2H2,1H3. The Morgan fingerprint density at radius 1 is 1.19 bits per heavy atom. The molecule has 2 rings (SSSR count). The van der Waals surface area contributed by atoms with Crippen LogP contribution in [0.15, 0.2) is 42.6 Å². The molecule has 7 heteroatoms. The van der Waals surface area contributed by atoms with E-state index in [1.54, 1.807) is 13.1 Å². The number of amides is 2. The van der Waals surface area contributed by atoms with Crippen molar-refractivity contribution in [3.63, 3.8) is 0 Å². The zero-order chi connectivity index (χ0) is 20.2. The normalized spacial score (nSPS) is 11.0. The lowest BCUT2D eigenvalue weighted by molar-refractivity contribution is -0.128. The maximum absolute atomic E-state index is 11.7. The van der Waals surface area contributed by atoms with Gasteiger partial charge in [0.25, 0.3) is 0 Å². The first-order chi connectivity index (χ1) is 12.9. The summed E-state index contributed by atoms with van der Waals surface area (Å²) < 4.78 is 0. The third-order valence-corrected chi connectivity index (χ3v) is 3.85. The summed E-state index contributed by atoms with van der Waals surface area (Å²) in [6, 6.07) is 11.7. The lowest BCUT2D eigenvalue weighted by Gasteiger charge is -2.13. The Labute approximate surface area is 160 Å². The van der Waals surface area contributed by atoms with Crippen LogP contribution in [0.1, 0.15) is 30.5 Å². The van der Waals surface area contributed by atoms with E-state index in [2.05, 4.69) is 46.8 Å². The molecule has 1 unspecified atom stereocenters. The van der Waals surface area contributed by atoms with Crippen LogP contribution in [0, 0.1) is 6.92 Å². The number of nitrogen functional groups attached to an aromatic ring is 1. The van der Waals surface area contributed by atoms with Gasteiger partial charge < -0.3 is 22.1 Å². The highest BCUT2D eigenvalue weighted by molar-refractivity contribution is 5.87. The fourth-order valence-corrected chi connectivity index (χ4v) is 2.16. The van der Waals surface area contributed by atoms with E-state index in [-0.39, 0.29) is 18.4 Å². The van der Waals surface area contributed by atoms with Gasteiger partial charge in [0.15, 0.2) is 0 Å². The van der Waals surface area contributed by atoms with Gasteiger partial charge >= 0.3 is 0 Å². The summed E-state index contributed by atoms with van der Waals surface area (Å²) in [5.74, 6) is -0.178. The Kier molecular flexibility index (Phi) is 9.53. The number of nitrogens with zero attached hydrogens (tertiary/aromatic N) is 1. The average Bonchev–Trinajstić information content (AvgIpc) is 2.69. The maximum Gasteiger partial charge on any atom is 0.242 e. The Hall–Kier alpha value is -2.93. The van der Waals surface area contributed by atoms with Crippen LogP contribution in [0.5, 0.6) is 0 Å². The van der Waals surface area contributed by atoms with Crippen molar-refractivity contribution in [2.45, 2.75) is 39.8 Å². The second-order valence-electron chi connectivity index (χ2n) is 6.10. The molecule has 7 nitrogen and oxygen atoms in total. The molecule has 0 fully saturated rings. The Morgan fingerprint density at radius 3 is 2.37 bits per heavy atom. The Bertz CT molecular complexity index is 734. The van der Waals surface area contributed by atoms with Gasteiger partial charge in [-0.2, -0.15) is 0 Å². The minimum Gasteiger partial charge on any atom is -0.383 e. The lowest BCUT2D eigenvalue weighted by atomic mass is 10.2. The summed E-state index contributed by atoms with van der Waals surface area (Å²) >= 11 is 0. The summed E-state index contributed by atoms with van der Waals surface area (Å²) in [4.78, 5) is 26.8. The topological polar surface area (TPSA) is 123 Å². The van der Waals surface area contributed by atoms with Gasteiger partial charge in [-0.25, -0.2) is 4.98 Å². The number of hydrogen-bond acceptors (Lipinski definition) is 5. The zero-order valence-corrected chi connectivity index (χ0v) is 16.2. The van der Waals surface area contributed by atoms with Crippen molar-refractivity contribution in [3.8, 4) is 0 Å². The van der Waals surface area contributed by atoms with Crippen LogP contribution in [0.3, 0.4) is 0 Å². The third kappa shape index (κ3) is 8.33. The highest BCUT2D eigenvalue weighted by Crippen LogP contribution is 2.08. The van der Waals surface area contributed by atoms with Gasteiger partial charge in [-0.05, 0) is 43.0 Å². The number of carbonyl (C=O) groups excluding carboxylic acids is 2. The summed E-state index contributed by atoms with van der Waals surface area (Å²) in [6.45, 7) is 5.79. The third-order valence-electron chi connectivity index (χ3n) is 3.85. The van der Waals surface area contributed by atoms with E-state index in [0.717, 1.165) is 17.5 Å². The van der Waals surface area contributed by atoms with Gasteiger partial charge in [-0.15, -0.1) is 0 Å². The van der Waals surface area contributed by atoms with E-state index in [1.165, 1.54) is 5.56 Å². The van der Waals surface area contributed by atoms with Crippen molar-refractivity contribution in [2.75, 3.05) is 12.3 Å². The number of hydrogen-bond donors (Lipinski definition) is 4. The molecule has 1 aromatic heterocycles. The van der Waals surface area contributed by atoms with Crippen LogP contribution < -0.4 is 22.1 Å². The molecule has 0 aliphatic heterocycles. The molecule has 27 heavy (non-hydrogen) atoms. The predicted molar refractivity (Wildman–Crippen MR) is 108 cm³/mol. The summed E-state index contributed by atoms with van der Waals surface area (Å²) in [6.07, 6.45) is 2.74. The van der Waals surface area contributed by atoms with Crippen molar-refractivity contribution in [1.29, 1.82) is 0 Å². The number of aryl methyl sites for hydroxylation is 2. The molecule has 0 saturated heterocycles. The van der Waals surface area contributed by atoms with E-state index in [9.17, 15) is 9.59 Å². The summed E-state index contributed by atoms with van der Waals surface area (Å²) in [5, 5.41) is 5.17. The number of anilines is 1. The van der Waals surface area contributed by atoms with Gasteiger partial charge in [0.1, 0.15) is 11.9 Å². The molecule has 6 N–H and O–H groups in total. The first-order valence-electron chi connectivity index (χ1n) is 8.89. The van der Waals surface area contributed by atoms with Crippen LogP contribution in [-0.2, 0) is 22.6 Å². The van der Waals surface area contributed by atoms with Crippen molar-refractivity contribution in [1.82, 2.24) is 15.6 Å². The van der Waals surface area contributed by atoms with Gasteiger partial charge in [-0.3, -0.25) is 9.59 Å². The quantitative estimate of drug-likeness (QED) is 0.609. The molecule has 1 heterocycles. The Balaban J connectivity index is 0.000000377. The van der Waals surface area contributed by atoms with Crippen LogP contribution in [0.25, 0.3) is 0 Å². The fourth-order valence-electron chi connectivity index (χ4n) is 2.16. The monoisotopic (exact) mass is 371 g/mol. The lowest BCUT2D eigenvalue weighted by Crippen LogP contribution is -2.46. The predicted octanol–water partition coefficient (Wildman–Crippen LogP) is 1.30. The van der Waals surface area contributed by atoms with Crippen LogP contribution in [-0.4, -0.2) is 29.4 Å². The molecule has 146 valence electrons. The molecule has 0 aliphatic rings. The number of nitrogens with two attached hydrogens (primary N) is 2. The molecule has 0 saturated carbocycles. The van der Waals surface area contributed by atoms with E-state index in [4.69, 9.17) is 11.5 Å². The number of carbonyl (C=O) groups is 2. The maximum atomic E-state index is 11.7. The molecular formula is C20H29N5O2. The second kappa shape index (κ2) is 11.6. The highest BCUT2D eigenvalue weighted by Gasteiger charge is 2.14. The van der Waals surface area contributed by atoms with Gasteiger partial charge in [0.2, 0.25) is 11.8 Å². The molecular weight excluding hydrogens is 342 g/mol. The molecule has 2 amide bonds. The SMILES string of the molecule is CCc1ccccc1.Cc1cc(CNC(=O)C(C)NC(=O)CN)cnc1N. The second-order valence-corrected chi connectivity index (χ2v) is 6.10. The molecule has 2 aromatic rings. The largest absolute Gasteiger partial charge is 0.383 e. The summed E-state index contributed by atoms with van der Waals surface area (Å²) in [5.41, 5.74) is 13.9. The molecule has 0 bridgehead atoms. The number of rotatable bonds is 6. The minimum absolute atomic E-state index is 0.140. The van der Waals surface area contributed by atoms with Crippen molar-refractivity contribution in [2.24, 2.45) is 5.73 Å². The molecule has 1 aromatic carbocycles. The zero-order valence-electron chi connectivity index (χ0n) is 16.2. The molecule has 0 spiro atoms. The van der Waals surface area contributed by atoms with Crippen molar-refractivity contribution in [3.05, 3.63) is 59.3 Å². The minimum atomic E-state index is -0.626. The van der Waals surface area contributed by atoms with E-state index >= 15 is 0 Å². The number of nitrogens with one attached hydrogen (secondary N) is 2. The smallest absolute Gasteiger partial charge is 0.242 e. The van der Waals surface area contributed by atoms with Gasteiger partial charge in [-0.1, -0.05) is 37.3 Å². The summed E-state index contributed by atoms with van der Waals surface area (Å²) in [7, 11) is 0. The van der Waals surface area contributed by atoms with Gasteiger partial charge in [0, 0.05) is 12.7 Å². The van der Waals surface area contributed by atoms with E-state index in [0.29, 0.717) is 12.4 Å². The van der Waals surface area contributed by atoms with Gasteiger partial charge in [0.05, 0.1) is 6.54 Å². The highest BCUT2D eigenvalue weighted by atomic mass is 16.2. The van der Waals surface area contributed by atoms with E-state index in [1.807, 2.05) is 19.1 Å². The van der Waals surface area contributed by atoms with Crippen LogP contribution in [0.2, 0.25) is 0 Å². The number of aromatic nitrogens is 1. The van der Waals surface area contributed by atoms with Crippen LogP contribution >= 0.6 is 0 Å². The molecule has 0 aliphatic carbocycles. The Morgan fingerprint density at radius 2 is 1.85 bits per heavy atom. The average molecular weight is 371 g/mol. The number of pyridine rings is 1. The molecule has 1 atom stereocenters. The van der Waals surface area contributed by atoms with Crippen molar-refractivity contribution >= 4 is 17.6 Å². The molecule has 0 radical (unpaired) electrons.